The van der Waals surface area contributed by atoms with Crippen LogP contribution in [0.25, 0.3) is 0 Å². The number of nitrogens with one attached hydrogen (secondary N) is 1. The fraction of sp³-hybridized carbons (Fsp3) is 0.429. The molecule has 0 amide bonds. The Kier molecular flexibility index (Phi) is 4.65. The Morgan fingerprint density at radius 1 is 1.27 bits per heavy atom. The van der Waals surface area contributed by atoms with Gasteiger partial charge in [0.1, 0.15) is 5.75 Å². The molecular formula is C21H25NO4. The number of ketones is 1. The number of ether oxygens (including phenoxy) is 1. The van der Waals surface area contributed by atoms with E-state index in [0.29, 0.717) is 23.3 Å². The summed E-state index contributed by atoms with van der Waals surface area (Å²) < 4.78 is 5.26. The molecule has 0 saturated heterocycles. The van der Waals surface area contributed by atoms with Gasteiger partial charge in [-0.1, -0.05) is 26.0 Å². The first-order valence-electron chi connectivity index (χ1n) is 8.93. The first-order chi connectivity index (χ1) is 12.2. The second-order valence-electron chi connectivity index (χ2n) is 7.74. The molecule has 3 rings (SSSR count). The summed E-state index contributed by atoms with van der Waals surface area (Å²) in [6.45, 7) is 8.02. The number of phenolic OH excluding ortho intramolecular Hbond substituents is 1. The lowest BCUT2D eigenvalue weighted by Gasteiger charge is -2.39. The van der Waals surface area contributed by atoms with E-state index in [1.54, 1.807) is 31.2 Å². The van der Waals surface area contributed by atoms with Crippen molar-refractivity contribution < 1.29 is 19.4 Å². The minimum atomic E-state index is -0.477. The SMILES string of the molecule is CCOC(=O)C1=C(C)NC2=C(C(=O)CC(C)(C)C2)[C@@H]1c1ccc(O)cc1. The van der Waals surface area contributed by atoms with Crippen molar-refractivity contribution in [2.45, 2.75) is 46.5 Å². The van der Waals surface area contributed by atoms with Gasteiger partial charge in [-0.3, -0.25) is 4.79 Å². The number of carbonyl (C=O) groups is 2. The smallest absolute Gasteiger partial charge is 0.336 e. The molecule has 2 N–H and O–H groups in total. The predicted molar refractivity (Wildman–Crippen MR) is 98.4 cm³/mol. The summed E-state index contributed by atoms with van der Waals surface area (Å²) in [6.07, 6.45) is 1.19. The molecule has 5 nitrogen and oxygen atoms in total. The molecule has 2 aliphatic rings. The maximum Gasteiger partial charge on any atom is 0.336 e. The van der Waals surface area contributed by atoms with Gasteiger partial charge in [-0.2, -0.15) is 0 Å². The van der Waals surface area contributed by atoms with Crippen LogP contribution < -0.4 is 5.32 Å². The van der Waals surface area contributed by atoms with Gasteiger partial charge in [-0.15, -0.1) is 0 Å². The van der Waals surface area contributed by atoms with Gasteiger partial charge in [0.25, 0.3) is 0 Å². The fourth-order valence-electron chi connectivity index (χ4n) is 3.92. The first-order valence-corrected chi connectivity index (χ1v) is 8.93. The van der Waals surface area contributed by atoms with Crippen LogP contribution in [0, 0.1) is 5.41 Å². The molecule has 0 bridgehead atoms. The lowest BCUT2D eigenvalue weighted by atomic mass is 9.68. The number of carbonyl (C=O) groups excluding carboxylic acids is 2. The zero-order valence-electron chi connectivity index (χ0n) is 15.7. The highest BCUT2D eigenvalue weighted by Gasteiger charge is 2.43. The summed E-state index contributed by atoms with van der Waals surface area (Å²) in [5.41, 5.74) is 3.38. The zero-order valence-corrected chi connectivity index (χ0v) is 15.7. The summed E-state index contributed by atoms with van der Waals surface area (Å²) >= 11 is 0. The Hall–Kier alpha value is -2.56. The highest BCUT2D eigenvalue weighted by atomic mass is 16.5. The highest BCUT2D eigenvalue weighted by Crippen LogP contribution is 2.46. The molecule has 0 radical (unpaired) electrons. The van der Waals surface area contributed by atoms with E-state index in [1.807, 2.05) is 6.92 Å². The molecular weight excluding hydrogens is 330 g/mol. The lowest BCUT2D eigenvalue weighted by molar-refractivity contribution is -0.138. The summed E-state index contributed by atoms with van der Waals surface area (Å²) in [5.74, 6) is -0.697. The number of Topliss-reactive ketones (excluding diaryl/α,β-unsaturated/α-hetero) is 1. The number of hydrogen-bond acceptors (Lipinski definition) is 5. The van der Waals surface area contributed by atoms with Crippen LogP contribution in [0.3, 0.4) is 0 Å². The van der Waals surface area contributed by atoms with Gasteiger partial charge in [0, 0.05) is 29.3 Å². The van der Waals surface area contributed by atoms with E-state index >= 15 is 0 Å². The van der Waals surface area contributed by atoms with Crippen molar-refractivity contribution in [1.29, 1.82) is 0 Å². The Labute approximate surface area is 153 Å². The maximum absolute atomic E-state index is 13.0. The van der Waals surface area contributed by atoms with Gasteiger partial charge >= 0.3 is 5.97 Å². The van der Waals surface area contributed by atoms with Crippen molar-refractivity contribution in [1.82, 2.24) is 5.32 Å². The molecule has 1 aromatic rings. The minimum Gasteiger partial charge on any atom is -0.508 e. The third-order valence-electron chi connectivity index (χ3n) is 4.96. The molecule has 1 heterocycles. The largest absolute Gasteiger partial charge is 0.508 e. The van der Waals surface area contributed by atoms with Crippen LogP contribution in [0.2, 0.25) is 0 Å². The van der Waals surface area contributed by atoms with Crippen LogP contribution in [-0.2, 0) is 14.3 Å². The quantitative estimate of drug-likeness (QED) is 0.811. The van der Waals surface area contributed by atoms with Crippen molar-refractivity contribution in [2.24, 2.45) is 5.41 Å². The summed E-state index contributed by atoms with van der Waals surface area (Å²) in [4.78, 5) is 25.7. The number of aromatic hydroxyl groups is 1. The molecule has 1 aromatic carbocycles. The number of rotatable bonds is 3. The van der Waals surface area contributed by atoms with Crippen LogP contribution in [0.1, 0.15) is 52.0 Å². The van der Waals surface area contributed by atoms with Gasteiger partial charge in [0.2, 0.25) is 0 Å². The Bertz CT molecular complexity index is 815. The Morgan fingerprint density at radius 2 is 1.92 bits per heavy atom. The molecule has 0 spiro atoms. The minimum absolute atomic E-state index is 0.0520. The van der Waals surface area contributed by atoms with E-state index in [9.17, 15) is 14.7 Å². The molecule has 0 fully saturated rings. The predicted octanol–water partition coefficient (Wildman–Crippen LogP) is 3.56. The molecule has 1 atom stereocenters. The number of hydrogen-bond donors (Lipinski definition) is 2. The third kappa shape index (κ3) is 3.26. The Balaban J connectivity index is 2.17. The topological polar surface area (TPSA) is 75.6 Å². The van der Waals surface area contributed by atoms with Crippen molar-refractivity contribution in [2.75, 3.05) is 6.61 Å². The highest BCUT2D eigenvalue weighted by molar-refractivity contribution is 6.04. The van der Waals surface area contributed by atoms with Gasteiger partial charge in [0.05, 0.1) is 12.2 Å². The summed E-state index contributed by atoms with van der Waals surface area (Å²) in [6, 6.07) is 6.67. The number of dihydropyridines is 1. The van der Waals surface area contributed by atoms with Crippen LogP contribution in [0.5, 0.6) is 5.75 Å². The van der Waals surface area contributed by atoms with Crippen LogP contribution in [-0.4, -0.2) is 23.5 Å². The van der Waals surface area contributed by atoms with Gasteiger partial charge in [-0.25, -0.2) is 4.79 Å². The average molecular weight is 355 g/mol. The monoisotopic (exact) mass is 355 g/mol. The van der Waals surface area contributed by atoms with E-state index in [-0.39, 0.29) is 23.6 Å². The molecule has 26 heavy (non-hydrogen) atoms. The molecule has 0 aromatic heterocycles. The van der Waals surface area contributed by atoms with Crippen molar-refractivity contribution in [3.05, 3.63) is 52.4 Å². The number of phenols is 1. The van der Waals surface area contributed by atoms with E-state index in [4.69, 9.17) is 4.74 Å². The molecule has 0 unspecified atom stereocenters. The van der Waals surface area contributed by atoms with E-state index in [2.05, 4.69) is 19.2 Å². The number of esters is 1. The molecule has 5 heteroatoms. The summed E-state index contributed by atoms with van der Waals surface area (Å²) in [5, 5.41) is 12.9. The van der Waals surface area contributed by atoms with E-state index in [1.165, 1.54) is 0 Å². The number of allylic oxidation sites excluding steroid dienone is 3. The van der Waals surface area contributed by atoms with Gasteiger partial charge < -0.3 is 15.2 Å². The van der Waals surface area contributed by atoms with E-state index < -0.39 is 11.9 Å². The second kappa shape index (κ2) is 6.63. The normalized spacial score (nSPS) is 22.0. The van der Waals surface area contributed by atoms with E-state index in [0.717, 1.165) is 17.7 Å². The number of benzene rings is 1. The van der Waals surface area contributed by atoms with Gasteiger partial charge in [0.15, 0.2) is 5.78 Å². The molecule has 1 aliphatic carbocycles. The maximum atomic E-state index is 13.0. The van der Waals surface area contributed by atoms with Crippen LogP contribution in [0.15, 0.2) is 46.8 Å². The zero-order chi connectivity index (χ0) is 19.1. The third-order valence-corrected chi connectivity index (χ3v) is 4.96. The average Bonchev–Trinajstić information content (AvgIpc) is 2.53. The fourth-order valence-corrected chi connectivity index (χ4v) is 3.92. The molecule has 0 saturated carbocycles. The molecule has 1 aliphatic heterocycles. The van der Waals surface area contributed by atoms with Crippen molar-refractivity contribution in [3.63, 3.8) is 0 Å². The van der Waals surface area contributed by atoms with Crippen molar-refractivity contribution >= 4 is 11.8 Å². The van der Waals surface area contributed by atoms with Crippen LogP contribution >= 0.6 is 0 Å². The first kappa shape index (κ1) is 18.2. The molecule has 138 valence electrons. The van der Waals surface area contributed by atoms with Crippen LogP contribution in [0.4, 0.5) is 0 Å². The Morgan fingerprint density at radius 3 is 2.54 bits per heavy atom. The lowest BCUT2D eigenvalue weighted by Crippen LogP contribution is -2.38. The second-order valence-corrected chi connectivity index (χ2v) is 7.74. The summed E-state index contributed by atoms with van der Waals surface area (Å²) in [7, 11) is 0. The van der Waals surface area contributed by atoms with Gasteiger partial charge in [-0.05, 0) is 43.4 Å². The standard InChI is InChI=1S/C21H25NO4/c1-5-26-20(25)17-12(2)22-15-10-21(3,4)11-16(24)19(15)18(17)13-6-8-14(23)9-7-13/h6-9,18,22-23H,5,10-11H2,1-4H3/t18-/m1/s1. The van der Waals surface area contributed by atoms with Crippen molar-refractivity contribution in [3.8, 4) is 5.75 Å².